The molecule has 0 bridgehead atoms. The predicted octanol–water partition coefficient (Wildman–Crippen LogP) is 2.23. The fraction of sp³-hybridized carbons (Fsp3) is 0.538. The van der Waals surface area contributed by atoms with E-state index in [-0.39, 0.29) is 24.5 Å². The van der Waals surface area contributed by atoms with Crippen LogP contribution in [-0.2, 0) is 14.3 Å². The number of ether oxygens (including phenoxy) is 3. The van der Waals surface area contributed by atoms with Crippen LogP contribution in [0.3, 0.4) is 0 Å². The number of hydrogen-bond acceptors (Lipinski definition) is 8. The van der Waals surface area contributed by atoms with E-state index in [1.807, 2.05) is 42.2 Å². The summed E-state index contributed by atoms with van der Waals surface area (Å²) in [6.07, 6.45) is 2.35. The quantitative estimate of drug-likeness (QED) is 0.520. The minimum absolute atomic E-state index is 0.0126. The molecule has 3 heterocycles. The van der Waals surface area contributed by atoms with Crippen molar-refractivity contribution in [2.24, 2.45) is 0 Å². The van der Waals surface area contributed by atoms with Crippen molar-refractivity contribution < 1.29 is 23.8 Å². The van der Waals surface area contributed by atoms with Crippen molar-refractivity contribution in [1.29, 1.82) is 0 Å². The van der Waals surface area contributed by atoms with Crippen LogP contribution in [0.25, 0.3) is 11.3 Å². The number of benzene rings is 1. The van der Waals surface area contributed by atoms with Crippen molar-refractivity contribution >= 4 is 17.6 Å². The average Bonchev–Trinajstić information content (AvgIpc) is 3.45. The van der Waals surface area contributed by atoms with Crippen LogP contribution < -0.4 is 14.4 Å². The number of nitrogens with zero attached hydrogens (tertiary/aromatic N) is 5. The van der Waals surface area contributed by atoms with Gasteiger partial charge in [-0.1, -0.05) is 6.92 Å². The van der Waals surface area contributed by atoms with E-state index in [4.69, 9.17) is 14.2 Å². The molecular formula is C26H35N5O5. The molecule has 36 heavy (non-hydrogen) atoms. The summed E-state index contributed by atoms with van der Waals surface area (Å²) in [5.41, 5.74) is 1.54. The second kappa shape index (κ2) is 12.0. The summed E-state index contributed by atoms with van der Waals surface area (Å²) in [6.45, 7) is 5.59. The van der Waals surface area contributed by atoms with Crippen molar-refractivity contribution in [3.05, 3.63) is 30.3 Å². The summed E-state index contributed by atoms with van der Waals surface area (Å²) in [6, 6.07) is 9.43. The molecule has 2 amide bonds. The molecule has 2 aliphatic heterocycles. The number of anilines is 1. The maximum absolute atomic E-state index is 13.0. The number of rotatable bonds is 9. The van der Waals surface area contributed by atoms with Gasteiger partial charge in [0.1, 0.15) is 11.5 Å². The lowest BCUT2D eigenvalue weighted by Crippen LogP contribution is -2.52. The Hall–Kier alpha value is -3.40. The molecule has 2 aromatic rings. The van der Waals surface area contributed by atoms with Crippen LogP contribution in [0, 0.1) is 0 Å². The van der Waals surface area contributed by atoms with E-state index in [9.17, 15) is 9.59 Å². The second-order valence-corrected chi connectivity index (χ2v) is 8.97. The first kappa shape index (κ1) is 25.7. The van der Waals surface area contributed by atoms with Gasteiger partial charge in [0.15, 0.2) is 5.82 Å². The molecule has 0 saturated carbocycles. The van der Waals surface area contributed by atoms with Crippen LogP contribution >= 0.6 is 0 Å². The molecule has 1 aromatic heterocycles. The lowest BCUT2D eigenvalue weighted by Gasteiger charge is -2.36. The van der Waals surface area contributed by atoms with Gasteiger partial charge in [-0.3, -0.25) is 9.59 Å². The third-order valence-corrected chi connectivity index (χ3v) is 6.72. The molecule has 2 aliphatic rings. The number of methoxy groups -OCH3 is 2. The molecule has 0 aliphatic carbocycles. The van der Waals surface area contributed by atoms with Gasteiger partial charge in [-0.25, -0.2) is 0 Å². The van der Waals surface area contributed by atoms with Crippen molar-refractivity contribution in [3.63, 3.8) is 0 Å². The molecule has 1 unspecified atom stereocenters. The Morgan fingerprint density at radius 1 is 1.08 bits per heavy atom. The minimum atomic E-state index is -0.0255. The Bertz CT molecular complexity index is 1030. The highest BCUT2D eigenvalue weighted by Crippen LogP contribution is 2.32. The van der Waals surface area contributed by atoms with Gasteiger partial charge in [-0.05, 0) is 37.1 Å². The molecule has 0 N–H and O–H groups in total. The Kier molecular flexibility index (Phi) is 8.58. The van der Waals surface area contributed by atoms with E-state index < -0.39 is 0 Å². The topological polar surface area (TPSA) is 97.3 Å². The Balaban J connectivity index is 1.33. The maximum atomic E-state index is 13.0. The summed E-state index contributed by atoms with van der Waals surface area (Å²) < 4.78 is 16.4. The zero-order chi connectivity index (χ0) is 25.5. The third kappa shape index (κ3) is 6.04. The van der Waals surface area contributed by atoms with Gasteiger partial charge in [0, 0.05) is 57.4 Å². The van der Waals surface area contributed by atoms with E-state index in [0.29, 0.717) is 56.3 Å². The smallest absolute Gasteiger partial charge is 0.242 e. The molecule has 0 spiro atoms. The van der Waals surface area contributed by atoms with Gasteiger partial charge in [0.2, 0.25) is 11.8 Å². The van der Waals surface area contributed by atoms with Crippen LogP contribution in [-0.4, -0.2) is 98.0 Å². The molecule has 1 aromatic carbocycles. The SMILES string of the molecule is CCC(=O)N(CC(=O)N1CCN(c2ccc(-c3ccc(OC)cc3OC)nn2)CC1)CC1CCCO1. The zero-order valence-electron chi connectivity index (χ0n) is 21.3. The molecule has 0 radical (unpaired) electrons. The normalized spacial score (nSPS) is 17.7. The highest BCUT2D eigenvalue weighted by atomic mass is 16.5. The fourth-order valence-electron chi connectivity index (χ4n) is 4.61. The fourth-order valence-corrected chi connectivity index (χ4v) is 4.61. The van der Waals surface area contributed by atoms with Crippen molar-refractivity contribution in [1.82, 2.24) is 20.0 Å². The monoisotopic (exact) mass is 497 g/mol. The zero-order valence-corrected chi connectivity index (χ0v) is 21.3. The van der Waals surface area contributed by atoms with Crippen LogP contribution in [0.4, 0.5) is 5.82 Å². The first-order chi connectivity index (χ1) is 17.5. The van der Waals surface area contributed by atoms with E-state index in [2.05, 4.69) is 15.1 Å². The van der Waals surface area contributed by atoms with Crippen LogP contribution in [0.1, 0.15) is 26.2 Å². The highest BCUT2D eigenvalue weighted by molar-refractivity contribution is 5.85. The third-order valence-electron chi connectivity index (χ3n) is 6.72. The molecular weight excluding hydrogens is 462 g/mol. The van der Waals surface area contributed by atoms with E-state index >= 15 is 0 Å². The van der Waals surface area contributed by atoms with Crippen molar-refractivity contribution in [2.75, 3.05) is 65.0 Å². The molecule has 194 valence electrons. The van der Waals surface area contributed by atoms with Gasteiger partial charge >= 0.3 is 0 Å². The van der Waals surface area contributed by atoms with Crippen LogP contribution in [0.15, 0.2) is 30.3 Å². The van der Waals surface area contributed by atoms with E-state index in [1.165, 1.54) is 0 Å². The van der Waals surface area contributed by atoms with Crippen LogP contribution in [0.5, 0.6) is 11.5 Å². The Labute approximate surface area is 212 Å². The largest absolute Gasteiger partial charge is 0.497 e. The van der Waals surface area contributed by atoms with Crippen molar-refractivity contribution in [2.45, 2.75) is 32.3 Å². The molecule has 2 fully saturated rings. The lowest BCUT2D eigenvalue weighted by molar-refractivity contribution is -0.141. The number of amides is 2. The Morgan fingerprint density at radius 3 is 2.50 bits per heavy atom. The van der Waals surface area contributed by atoms with Gasteiger partial charge in [0.05, 0.1) is 32.6 Å². The van der Waals surface area contributed by atoms with Gasteiger partial charge in [-0.15, -0.1) is 10.2 Å². The van der Waals surface area contributed by atoms with Gasteiger partial charge < -0.3 is 28.9 Å². The first-order valence-electron chi connectivity index (χ1n) is 12.5. The number of carbonyl (C=O) groups is 2. The number of aromatic nitrogens is 2. The number of piperazine rings is 1. The van der Waals surface area contributed by atoms with Gasteiger partial charge in [0.25, 0.3) is 0 Å². The average molecular weight is 498 g/mol. The minimum Gasteiger partial charge on any atom is -0.497 e. The summed E-state index contributed by atoms with van der Waals surface area (Å²) in [5.74, 6) is 2.10. The molecule has 10 nitrogen and oxygen atoms in total. The molecule has 4 rings (SSSR count). The van der Waals surface area contributed by atoms with Crippen LogP contribution in [0.2, 0.25) is 0 Å². The number of carbonyl (C=O) groups excluding carboxylic acids is 2. The summed E-state index contributed by atoms with van der Waals surface area (Å²) >= 11 is 0. The summed E-state index contributed by atoms with van der Waals surface area (Å²) in [4.78, 5) is 31.0. The molecule has 10 heteroatoms. The van der Waals surface area contributed by atoms with E-state index in [1.54, 1.807) is 19.1 Å². The van der Waals surface area contributed by atoms with Gasteiger partial charge in [-0.2, -0.15) is 0 Å². The first-order valence-corrected chi connectivity index (χ1v) is 12.5. The summed E-state index contributed by atoms with van der Waals surface area (Å²) in [5, 5.41) is 8.84. The molecule has 1 atom stereocenters. The number of hydrogen-bond donors (Lipinski definition) is 0. The molecule has 2 saturated heterocycles. The Morgan fingerprint density at radius 2 is 1.89 bits per heavy atom. The standard InChI is InChI=1S/C26H35N5O5/c1-4-25(32)31(17-20-6-5-15-36-20)18-26(33)30-13-11-29(12-14-30)24-10-9-22(27-28-24)21-8-7-19(34-2)16-23(21)35-3/h7-10,16,20H,4-6,11-15,17-18H2,1-3H3. The highest BCUT2D eigenvalue weighted by Gasteiger charge is 2.27. The predicted molar refractivity (Wildman–Crippen MR) is 135 cm³/mol. The summed E-state index contributed by atoms with van der Waals surface area (Å²) in [7, 11) is 3.23. The second-order valence-electron chi connectivity index (χ2n) is 8.97. The lowest BCUT2D eigenvalue weighted by atomic mass is 10.1. The maximum Gasteiger partial charge on any atom is 0.242 e. The van der Waals surface area contributed by atoms with Crippen molar-refractivity contribution in [3.8, 4) is 22.8 Å². The van der Waals surface area contributed by atoms with E-state index in [0.717, 1.165) is 30.8 Å².